The van der Waals surface area contributed by atoms with Crippen molar-refractivity contribution < 1.29 is 44.3 Å². The predicted molar refractivity (Wildman–Crippen MR) is 198 cm³/mol. The molecular formula is C41H74O9. The molecule has 1 fully saturated rings. The van der Waals surface area contributed by atoms with Gasteiger partial charge in [-0.3, -0.25) is 14.4 Å². The first kappa shape index (κ1) is 46.2. The number of hydrogen-bond donors (Lipinski definition) is 4. The second-order valence-electron chi connectivity index (χ2n) is 14.7. The van der Waals surface area contributed by atoms with Crippen molar-refractivity contribution in [1.29, 1.82) is 0 Å². The van der Waals surface area contributed by atoms with Gasteiger partial charge in [0.1, 0.15) is 25.1 Å². The zero-order valence-corrected chi connectivity index (χ0v) is 31.7. The van der Waals surface area contributed by atoms with Crippen LogP contribution in [0.4, 0.5) is 0 Å². The van der Waals surface area contributed by atoms with Crippen LogP contribution >= 0.6 is 0 Å². The van der Waals surface area contributed by atoms with Crippen molar-refractivity contribution >= 4 is 17.7 Å². The van der Waals surface area contributed by atoms with Gasteiger partial charge in [0.25, 0.3) is 0 Å². The molecule has 0 heterocycles. The molecule has 1 saturated carbocycles. The van der Waals surface area contributed by atoms with E-state index in [4.69, 9.17) is 9.47 Å². The van der Waals surface area contributed by atoms with E-state index in [2.05, 4.69) is 13.8 Å². The van der Waals surface area contributed by atoms with Gasteiger partial charge in [0.05, 0.1) is 18.3 Å². The minimum absolute atomic E-state index is 0.0417. The fraction of sp³-hybridized carbons (Fsp3) is 0.878. The average Bonchev–Trinajstić information content (AvgIpc) is 3.36. The predicted octanol–water partition coefficient (Wildman–Crippen LogP) is 8.07. The number of aliphatic hydroxyl groups is 4. The maximum Gasteiger partial charge on any atom is 0.305 e. The number of esters is 2. The molecule has 0 unspecified atom stereocenters. The van der Waals surface area contributed by atoms with E-state index in [1.54, 1.807) is 12.2 Å². The molecule has 50 heavy (non-hydrogen) atoms. The lowest BCUT2D eigenvalue weighted by molar-refractivity contribution is -0.152. The van der Waals surface area contributed by atoms with Gasteiger partial charge in [-0.25, -0.2) is 0 Å². The Bertz CT molecular complexity index is 891. The van der Waals surface area contributed by atoms with Crippen molar-refractivity contribution in [2.75, 3.05) is 13.2 Å². The van der Waals surface area contributed by atoms with Crippen molar-refractivity contribution in [3.8, 4) is 0 Å². The molecule has 292 valence electrons. The largest absolute Gasteiger partial charge is 0.463 e. The number of ether oxygens (including phenoxy) is 2. The standard InChI is InChI=1S/C41H74O9/c1-3-5-7-8-9-10-11-12-13-14-15-16-17-18-20-25-40(47)49-31-35(44)32-50-41(48)26-22-21-24-34(43)29-37-36(38(45)30-39(37)46)28-27-33(42)23-19-6-4-2/h27-28,33,35-39,42,44-46H,3-26,29-32H2,1-2H3/b28-27+/t33-,35-,36+,37+,38+,39-/m0/s1. The number of aliphatic hydroxyl groups excluding tert-OH is 4. The Morgan fingerprint density at radius 3 is 1.58 bits per heavy atom. The van der Waals surface area contributed by atoms with Crippen LogP contribution in [0.3, 0.4) is 0 Å². The number of carbonyl (C=O) groups is 3. The summed E-state index contributed by atoms with van der Waals surface area (Å²) < 4.78 is 10.2. The highest BCUT2D eigenvalue weighted by Gasteiger charge is 2.41. The summed E-state index contributed by atoms with van der Waals surface area (Å²) in [5.74, 6) is -1.67. The fourth-order valence-corrected chi connectivity index (χ4v) is 6.79. The molecule has 0 saturated heterocycles. The van der Waals surface area contributed by atoms with Gasteiger partial charge in [0.15, 0.2) is 0 Å². The molecule has 9 heteroatoms. The number of ketones is 1. The molecule has 1 aliphatic carbocycles. The second-order valence-corrected chi connectivity index (χ2v) is 14.7. The molecule has 1 rings (SSSR count). The highest BCUT2D eigenvalue weighted by molar-refractivity contribution is 5.79. The SMILES string of the molecule is CCCCCCCCCCCCCCCCCC(=O)OC[C@H](O)COC(=O)CCCCC(=O)C[C@@H]1[C@@H](/C=C/[C@@H](O)CCCCC)[C@H](O)C[C@@H]1O. The van der Waals surface area contributed by atoms with E-state index in [0.717, 1.165) is 38.5 Å². The molecular weight excluding hydrogens is 636 g/mol. The van der Waals surface area contributed by atoms with Crippen LogP contribution in [0.2, 0.25) is 0 Å². The van der Waals surface area contributed by atoms with E-state index >= 15 is 0 Å². The van der Waals surface area contributed by atoms with Gasteiger partial charge >= 0.3 is 11.9 Å². The van der Waals surface area contributed by atoms with Crippen LogP contribution in [0.5, 0.6) is 0 Å². The van der Waals surface area contributed by atoms with Crippen LogP contribution < -0.4 is 0 Å². The molecule has 4 N–H and O–H groups in total. The minimum Gasteiger partial charge on any atom is -0.463 e. The summed E-state index contributed by atoms with van der Waals surface area (Å²) in [7, 11) is 0. The molecule has 0 spiro atoms. The first-order valence-electron chi connectivity index (χ1n) is 20.4. The second kappa shape index (κ2) is 30.8. The van der Waals surface area contributed by atoms with Gasteiger partial charge in [-0.2, -0.15) is 0 Å². The van der Waals surface area contributed by atoms with Crippen LogP contribution in [0.15, 0.2) is 12.2 Å². The summed E-state index contributed by atoms with van der Waals surface area (Å²) in [5, 5.41) is 41.1. The molecule has 1 aliphatic rings. The molecule has 9 nitrogen and oxygen atoms in total. The summed E-state index contributed by atoms with van der Waals surface area (Å²) in [6.07, 6.45) is 24.7. The average molecular weight is 711 g/mol. The van der Waals surface area contributed by atoms with Crippen LogP contribution in [0, 0.1) is 11.8 Å². The maximum absolute atomic E-state index is 12.6. The third-order valence-corrected chi connectivity index (χ3v) is 9.98. The lowest BCUT2D eigenvalue weighted by Gasteiger charge is -2.20. The molecule has 0 aliphatic heterocycles. The fourth-order valence-electron chi connectivity index (χ4n) is 6.79. The van der Waals surface area contributed by atoms with Crippen molar-refractivity contribution in [2.45, 2.75) is 205 Å². The van der Waals surface area contributed by atoms with E-state index in [-0.39, 0.29) is 56.6 Å². The summed E-state index contributed by atoms with van der Waals surface area (Å²) in [5.41, 5.74) is 0. The molecule has 6 atom stereocenters. The summed E-state index contributed by atoms with van der Waals surface area (Å²) in [4.78, 5) is 36.7. The van der Waals surface area contributed by atoms with E-state index in [1.165, 1.54) is 77.0 Å². The lowest BCUT2D eigenvalue weighted by Crippen LogP contribution is -2.25. The van der Waals surface area contributed by atoms with Crippen molar-refractivity contribution in [2.24, 2.45) is 11.8 Å². The number of carbonyl (C=O) groups excluding carboxylic acids is 3. The summed E-state index contributed by atoms with van der Waals surface area (Å²) >= 11 is 0. The topological polar surface area (TPSA) is 151 Å². The van der Waals surface area contributed by atoms with E-state index < -0.39 is 36.3 Å². The first-order valence-corrected chi connectivity index (χ1v) is 20.4. The van der Waals surface area contributed by atoms with Gasteiger partial charge in [-0.15, -0.1) is 0 Å². The van der Waals surface area contributed by atoms with Gasteiger partial charge in [0.2, 0.25) is 0 Å². The first-order chi connectivity index (χ1) is 24.2. The lowest BCUT2D eigenvalue weighted by atomic mass is 9.87. The molecule has 0 aromatic rings. The van der Waals surface area contributed by atoms with E-state index in [1.807, 2.05) is 0 Å². The minimum atomic E-state index is -1.09. The Morgan fingerprint density at radius 1 is 0.620 bits per heavy atom. The third kappa shape index (κ3) is 24.4. The Balaban J connectivity index is 2.05. The van der Waals surface area contributed by atoms with E-state index in [9.17, 15) is 34.8 Å². The zero-order chi connectivity index (χ0) is 36.8. The molecule has 0 aromatic carbocycles. The molecule has 0 aromatic heterocycles. The van der Waals surface area contributed by atoms with Crippen LogP contribution in [-0.4, -0.2) is 75.8 Å². The van der Waals surface area contributed by atoms with Gasteiger partial charge in [-0.05, 0) is 25.7 Å². The van der Waals surface area contributed by atoms with Crippen molar-refractivity contribution in [3.05, 3.63) is 12.2 Å². The Labute approximate surface area is 304 Å². The summed E-state index contributed by atoms with van der Waals surface area (Å²) in [6, 6.07) is 0. The highest BCUT2D eigenvalue weighted by Crippen LogP contribution is 2.36. The monoisotopic (exact) mass is 711 g/mol. The number of rotatable bonds is 33. The highest BCUT2D eigenvalue weighted by atomic mass is 16.6. The number of hydrogen-bond acceptors (Lipinski definition) is 9. The Morgan fingerprint density at radius 2 is 1.06 bits per heavy atom. The van der Waals surface area contributed by atoms with Crippen molar-refractivity contribution in [1.82, 2.24) is 0 Å². The van der Waals surface area contributed by atoms with E-state index in [0.29, 0.717) is 25.7 Å². The number of Topliss-reactive ketones (excluding diaryl/α,β-unsaturated/α-hetero) is 1. The van der Waals surface area contributed by atoms with Crippen LogP contribution in [0.25, 0.3) is 0 Å². The smallest absolute Gasteiger partial charge is 0.305 e. The molecule has 0 amide bonds. The molecule has 0 bridgehead atoms. The quantitative estimate of drug-likeness (QED) is 0.0301. The van der Waals surface area contributed by atoms with Crippen molar-refractivity contribution in [3.63, 3.8) is 0 Å². The van der Waals surface area contributed by atoms with Crippen LogP contribution in [-0.2, 0) is 23.9 Å². The Kier molecular flexibility index (Phi) is 28.4. The van der Waals surface area contributed by atoms with Gasteiger partial charge < -0.3 is 29.9 Å². The van der Waals surface area contributed by atoms with Crippen LogP contribution in [0.1, 0.15) is 181 Å². The maximum atomic E-state index is 12.6. The summed E-state index contributed by atoms with van der Waals surface area (Å²) in [6.45, 7) is 3.89. The zero-order valence-electron chi connectivity index (χ0n) is 31.7. The number of unbranched alkanes of at least 4 members (excludes halogenated alkanes) is 17. The molecule has 0 radical (unpaired) electrons. The van der Waals surface area contributed by atoms with Gasteiger partial charge in [0, 0.05) is 43.9 Å². The van der Waals surface area contributed by atoms with Gasteiger partial charge in [-0.1, -0.05) is 135 Å². The third-order valence-electron chi connectivity index (χ3n) is 9.98. The Hall–Kier alpha value is -1.81. The normalized spacial score (nSPS) is 20.3.